The molecule has 11 heteroatoms. The summed E-state index contributed by atoms with van der Waals surface area (Å²) in [6.07, 6.45) is 2.54. The molecule has 1 aliphatic rings. The largest absolute Gasteiger partial charge is 0.361 e. The number of alkyl halides is 5. The molecular formula is C23H22F5N5O. The molecule has 0 bridgehead atoms. The predicted molar refractivity (Wildman–Crippen MR) is 114 cm³/mol. The van der Waals surface area contributed by atoms with Gasteiger partial charge in [-0.15, -0.1) is 0 Å². The summed E-state index contributed by atoms with van der Waals surface area (Å²) in [5.41, 5.74) is 1.43. The molecule has 0 atom stereocenters. The normalized spacial score (nSPS) is 17.6. The highest BCUT2D eigenvalue weighted by atomic mass is 19.3. The first-order valence-corrected chi connectivity index (χ1v) is 10.9. The lowest BCUT2D eigenvalue weighted by Gasteiger charge is -2.34. The Kier molecular flexibility index (Phi) is 5.25. The molecule has 1 saturated carbocycles. The second-order valence-electron chi connectivity index (χ2n) is 8.93. The van der Waals surface area contributed by atoms with Gasteiger partial charge in [0.25, 0.3) is 0 Å². The zero-order chi connectivity index (χ0) is 24.3. The first-order valence-electron chi connectivity index (χ1n) is 10.9. The molecule has 5 rings (SSSR count). The van der Waals surface area contributed by atoms with Crippen LogP contribution in [0.25, 0.3) is 33.4 Å². The topological polar surface area (TPSA) is 61.7 Å². The molecule has 4 heterocycles. The lowest BCUT2D eigenvalue weighted by Crippen LogP contribution is -2.38. The number of pyridine rings is 1. The summed E-state index contributed by atoms with van der Waals surface area (Å²) < 4.78 is 76.4. The van der Waals surface area contributed by atoms with Crippen molar-refractivity contribution in [1.29, 1.82) is 0 Å². The van der Waals surface area contributed by atoms with Crippen LogP contribution < -0.4 is 0 Å². The minimum Gasteiger partial charge on any atom is -0.361 e. The Balaban J connectivity index is 1.62. The highest BCUT2D eigenvalue weighted by Gasteiger charge is 2.44. The van der Waals surface area contributed by atoms with Crippen LogP contribution in [0.4, 0.5) is 22.0 Å². The van der Waals surface area contributed by atoms with Crippen molar-refractivity contribution in [1.82, 2.24) is 24.5 Å². The molecule has 0 radical (unpaired) electrons. The molecule has 0 unspecified atom stereocenters. The van der Waals surface area contributed by atoms with Crippen molar-refractivity contribution in [3.05, 3.63) is 42.2 Å². The van der Waals surface area contributed by atoms with Crippen LogP contribution in [0.3, 0.4) is 0 Å². The summed E-state index contributed by atoms with van der Waals surface area (Å²) in [7, 11) is 0. The van der Waals surface area contributed by atoms with E-state index in [9.17, 15) is 17.6 Å². The summed E-state index contributed by atoms with van der Waals surface area (Å²) in [4.78, 5) is 4.73. The minimum atomic E-state index is -2.86. The van der Waals surface area contributed by atoms with Crippen molar-refractivity contribution in [3.63, 3.8) is 0 Å². The van der Waals surface area contributed by atoms with Gasteiger partial charge in [-0.05, 0) is 38.8 Å². The van der Waals surface area contributed by atoms with E-state index in [1.807, 2.05) is 0 Å². The zero-order valence-electron chi connectivity index (χ0n) is 18.5. The molecule has 1 aliphatic carbocycles. The first kappa shape index (κ1) is 22.5. The van der Waals surface area contributed by atoms with Gasteiger partial charge in [-0.1, -0.05) is 5.16 Å². The van der Waals surface area contributed by atoms with Crippen LogP contribution in [0.1, 0.15) is 43.7 Å². The van der Waals surface area contributed by atoms with E-state index >= 15 is 4.39 Å². The highest BCUT2D eigenvalue weighted by Crippen LogP contribution is 2.43. The summed E-state index contributed by atoms with van der Waals surface area (Å²) >= 11 is 0. The maximum atomic E-state index is 15.6. The molecule has 34 heavy (non-hydrogen) atoms. The molecule has 4 aromatic heterocycles. The Morgan fingerprint density at radius 1 is 1.06 bits per heavy atom. The maximum absolute atomic E-state index is 15.6. The van der Waals surface area contributed by atoms with Crippen LogP contribution >= 0.6 is 0 Å². The van der Waals surface area contributed by atoms with Gasteiger partial charge in [0.2, 0.25) is 5.92 Å². The molecule has 0 aliphatic heterocycles. The van der Waals surface area contributed by atoms with Gasteiger partial charge in [-0.2, -0.15) is 13.9 Å². The molecule has 0 amide bonds. The van der Waals surface area contributed by atoms with Gasteiger partial charge in [0.15, 0.2) is 0 Å². The molecule has 0 aromatic carbocycles. The Morgan fingerprint density at radius 3 is 2.41 bits per heavy atom. The van der Waals surface area contributed by atoms with E-state index in [4.69, 9.17) is 9.51 Å². The van der Waals surface area contributed by atoms with E-state index in [1.54, 1.807) is 36.7 Å². The summed E-state index contributed by atoms with van der Waals surface area (Å²) in [5, 5.41) is 8.25. The third kappa shape index (κ3) is 3.97. The Bertz CT molecular complexity index is 1330. The van der Waals surface area contributed by atoms with E-state index in [2.05, 4.69) is 10.3 Å². The number of rotatable bonds is 5. The number of fused-ring (bicyclic) bond motifs is 1. The molecule has 180 valence electrons. The number of aromatic nitrogens is 5. The van der Waals surface area contributed by atoms with Crippen LogP contribution in [-0.4, -0.2) is 36.1 Å². The van der Waals surface area contributed by atoms with Crippen molar-refractivity contribution in [2.24, 2.45) is 0 Å². The molecule has 0 spiro atoms. The summed E-state index contributed by atoms with van der Waals surface area (Å²) in [6.45, 7) is 0.549. The van der Waals surface area contributed by atoms with Crippen molar-refractivity contribution >= 4 is 11.0 Å². The fourth-order valence-electron chi connectivity index (χ4n) is 4.61. The van der Waals surface area contributed by atoms with Gasteiger partial charge in [0.1, 0.15) is 17.1 Å². The SMILES string of the molecule is Cc1noc(C)c1-c1ccc2c(-c3cnn(C(F)F)c3)cn(CC3(F)CCC(F)(F)CC3)c2n1. The third-order valence-corrected chi connectivity index (χ3v) is 6.46. The van der Waals surface area contributed by atoms with E-state index in [0.717, 1.165) is 0 Å². The number of hydrogen-bond acceptors (Lipinski definition) is 4. The van der Waals surface area contributed by atoms with Gasteiger partial charge in [0, 0.05) is 41.7 Å². The average Bonchev–Trinajstić information content (AvgIpc) is 3.48. The van der Waals surface area contributed by atoms with Crippen molar-refractivity contribution < 1.29 is 26.5 Å². The average molecular weight is 479 g/mol. The predicted octanol–water partition coefficient (Wildman–Crippen LogP) is 6.48. The summed E-state index contributed by atoms with van der Waals surface area (Å²) in [6, 6.07) is 3.53. The van der Waals surface area contributed by atoms with Crippen LogP contribution in [0.2, 0.25) is 0 Å². The number of hydrogen-bond donors (Lipinski definition) is 0. The first-order chi connectivity index (χ1) is 16.1. The van der Waals surface area contributed by atoms with Crippen molar-refractivity contribution in [2.75, 3.05) is 0 Å². The zero-order valence-corrected chi connectivity index (χ0v) is 18.5. The number of nitrogens with zero attached hydrogens (tertiary/aromatic N) is 5. The van der Waals surface area contributed by atoms with E-state index in [0.29, 0.717) is 49.6 Å². The second kappa shape index (κ2) is 7.92. The van der Waals surface area contributed by atoms with Gasteiger partial charge in [0.05, 0.1) is 29.7 Å². The van der Waals surface area contributed by atoms with Crippen LogP contribution in [0.5, 0.6) is 0 Å². The monoisotopic (exact) mass is 479 g/mol. The molecule has 4 aromatic rings. The Morgan fingerprint density at radius 2 is 1.79 bits per heavy atom. The molecular weight excluding hydrogens is 457 g/mol. The summed E-state index contributed by atoms with van der Waals surface area (Å²) in [5.74, 6) is -2.30. The van der Waals surface area contributed by atoms with E-state index < -0.39 is 31.0 Å². The fourth-order valence-corrected chi connectivity index (χ4v) is 4.61. The number of halogens is 5. The second-order valence-corrected chi connectivity index (χ2v) is 8.93. The van der Waals surface area contributed by atoms with Crippen LogP contribution in [0, 0.1) is 13.8 Å². The smallest absolute Gasteiger partial charge is 0.333 e. The number of aryl methyl sites for hydroxylation is 2. The lowest BCUT2D eigenvalue weighted by atomic mass is 9.84. The Labute approximate surface area is 191 Å². The Hall–Kier alpha value is -3.24. The standard InChI is InChI=1S/C23H22F5N5O/c1-13-19(14(2)34-31-13)18-4-3-16-17(15-9-29-33(10-15)21(24)25)11-32(20(16)30-18)12-22(26)5-7-23(27,28)8-6-22/h3-4,9-11,21H,5-8,12H2,1-2H3. The molecule has 1 fully saturated rings. The highest BCUT2D eigenvalue weighted by molar-refractivity contribution is 5.95. The minimum absolute atomic E-state index is 0.180. The van der Waals surface area contributed by atoms with Gasteiger partial charge in [-0.3, -0.25) is 0 Å². The lowest BCUT2D eigenvalue weighted by molar-refractivity contribution is -0.0791. The third-order valence-electron chi connectivity index (χ3n) is 6.46. The van der Waals surface area contributed by atoms with Crippen molar-refractivity contribution in [2.45, 2.75) is 64.2 Å². The van der Waals surface area contributed by atoms with E-state index in [1.165, 1.54) is 12.4 Å². The van der Waals surface area contributed by atoms with Gasteiger partial charge >= 0.3 is 6.55 Å². The van der Waals surface area contributed by atoms with Gasteiger partial charge in [-0.25, -0.2) is 22.8 Å². The fraction of sp³-hybridized carbons (Fsp3) is 0.435. The van der Waals surface area contributed by atoms with E-state index in [-0.39, 0.29) is 19.4 Å². The van der Waals surface area contributed by atoms with Gasteiger partial charge < -0.3 is 9.09 Å². The van der Waals surface area contributed by atoms with Crippen LogP contribution in [-0.2, 0) is 6.54 Å². The molecule has 6 nitrogen and oxygen atoms in total. The van der Waals surface area contributed by atoms with Crippen molar-refractivity contribution in [3.8, 4) is 22.4 Å². The molecule has 0 N–H and O–H groups in total. The van der Waals surface area contributed by atoms with Crippen LogP contribution in [0.15, 0.2) is 35.2 Å². The maximum Gasteiger partial charge on any atom is 0.333 e. The molecule has 0 saturated heterocycles. The quantitative estimate of drug-likeness (QED) is 0.307.